The van der Waals surface area contributed by atoms with Gasteiger partial charge in [0, 0.05) is 23.0 Å². The van der Waals surface area contributed by atoms with E-state index < -0.39 is 0 Å². The monoisotopic (exact) mass is 274 g/mol. The highest BCUT2D eigenvalue weighted by molar-refractivity contribution is 5.87. The molecule has 0 radical (unpaired) electrons. The number of benzene rings is 1. The summed E-state index contributed by atoms with van der Waals surface area (Å²) >= 11 is 0. The van der Waals surface area contributed by atoms with Gasteiger partial charge in [-0.1, -0.05) is 6.07 Å². The fourth-order valence-electron chi connectivity index (χ4n) is 2.71. The van der Waals surface area contributed by atoms with Crippen LogP contribution in [0, 0.1) is 6.92 Å². The van der Waals surface area contributed by atoms with Gasteiger partial charge < -0.3 is 15.1 Å². The molecule has 1 aromatic rings. The minimum absolute atomic E-state index is 0.0457. The third-order valence-electron chi connectivity index (χ3n) is 3.78. The first-order chi connectivity index (χ1) is 9.45. The summed E-state index contributed by atoms with van der Waals surface area (Å²) in [5, 5.41) is 19.0. The maximum atomic E-state index is 9.84. The van der Waals surface area contributed by atoms with Gasteiger partial charge in [0.1, 0.15) is 0 Å². The van der Waals surface area contributed by atoms with Crippen LogP contribution in [0.4, 0.5) is 11.4 Å². The lowest BCUT2D eigenvalue weighted by Gasteiger charge is -2.36. The molecule has 0 aliphatic carbocycles. The molecule has 0 saturated carbocycles. The predicted octanol–water partition coefficient (Wildman–Crippen LogP) is 3.25. The second-order valence-corrected chi connectivity index (χ2v) is 5.41. The van der Waals surface area contributed by atoms with Gasteiger partial charge in [-0.15, -0.1) is 0 Å². The molecule has 4 heteroatoms. The highest BCUT2D eigenvalue weighted by atomic mass is 16.3. The molecule has 1 unspecified atom stereocenters. The molecule has 0 saturated heterocycles. The zero-order chi connectivity index (χ0) is 14.9. The lowest BCUT2D eigenvalue weighted by Crippen LogP contribution is -2.36. The van der Waals surface area contributed by atoms with Crippen molar-refractivity contribution in [2.75, 3.05) is 11.5 Å². The van der Waals surface area contributed by atoms with Gasteiger partial charge >= 0.3 is 0 Å². The molecule has 1 aliphatic heterocycles. The van der Waals surface area contributed by atoms with Crippen LogP contribution in [0.2, 0.25) is 0 Å². The Hall–Kier alpha value is -1.81. The normalized spacial score (nSPS) is 18.9. The highest BCUT2D eigenvalue weighted by Crippen LogP contribution is 2.40. The number of aliphatic hydroxyl groups excluding tert-OH is 2. The van der Waals surface area contributed by atoms with E-state index in [9.17, 15) is 10.2 Å². The number of rotatable bonds is 3. The van der Waals surface area contributed by atoms with E-state index in [2.05, 4.69) is 18.5 Å². The Morgan fingerprint density at radius 1 is 1.50 bits per heavy atom. The summed E-state index contributed by atoms with van der Waals surface area (Å²) in [6.07, 6.45) is 1.86. The van der Waals surface area contributed by atoms with Crippen LogP contribution < -0.4 is 4.90 Å². The summed E-state index contributed by atoms with van der Waals surface area (Å²) in [6, 6.07) is 4.23. The molecule has 1 atom stereocenters. The van der Waals surface area contributed by atoms with E-state index in [4.69, 9.17) is 0 Å². The predicted molar refractivity (Wildman–Crippen MR) is 83.1 cm³/mol. The highest BCUT2D eigenvalue weighted by Gasteiger charge is 2.27. The fraction of sp³-hybridized carbons (Fsp3) is 0.438. The zero-order valence-electron chi connectivity index (χ0n) is 12.3. The standard InChI is InChI=1S/C16H22N2O2/c1-10-5-8-15-14(16(10)17-11(2)9-19)7-6-12(3)18(15)13(4)20/h5,8,12,19-20H,4,6-7,9H2,1-3H3. The van der Waals surface area contributed by atoms with E-state index in [1.54, 1.807) is 0 Å². The molecule has 1 aliphatic rings. The Balaban J connectivity index is 2.60. The van der Waals surface area contributed by atoms with Crippen molar-refractivity contribution in [1.82, 2.24) is 0 Å². The molecule has 1 heterocycles. The third-order valence-corrected chi connectivity index (χ3v) is 3.78. The molecule has 2 rings (SSSR count). The van der Waals surface area contributed by atoms with Crippen molar-refractivity contribution >= 4 is 17.1 Å². The van der Waals surface area contributed by atoms with Crippen LogP contribution in [0.15, 0.2) is 29.6 Å². The average Bonchev–Trinajstić information content (AvgIpc) is 2.41. The second kappa shape index (κ2) is 5.67. The largest absolute Gasteiger partial charge is 0.495 e. The molecule has 0 bridgehead atoms. The summed E-state index contributed by atoms with van der Waals surface area (Å²) in [6.45, 7) is 9.52. The molecule has 0 fully saturated rings. The molecule has 0 spiro atoms. The van der Waals surface area contributed by atoms with Crippen LogP contribution in [-0.4, -0.2) is 28.6 Å². The van der Waals surface area contributed by atoms with Crippen molar-refractivity contribution in [2.45, 2.75) is 39.7 Å². The minimum Gasteiger partial charge on any atom is -0.495 e. The van der Waals surface area contributed by atoms with Crippen molar-refractivity contribution in [3.8, 4) is 0 Å². The van der Waals surface area contributed by atoms with Crippen molar-refractivity contribution in [3.05, 3.63) is 35.7 Å². The van der Waals surface area contributed by atoms with Crippen molar-refractivity contribution in [3.63, 3.8) is 0 Å². The van der Waals surface area contributed by atoms with Crippen LogP contribution in [0.5, 0.6) is 0 Å². The van der Waals surface area contributed by atoms with Gasteiger partial charge in [0.05, 0.1) is 12.3 Å². The maximum Gasteiger partial charge on any atom is 0.184 e. The number of aryl methyl sites for hydroxylation is 1. The number of aliphatic hydroxyl groups is 2. The smallest absolute Gasteiger partial charge is 0.184 e. The molecule has 4 nitrogen and oxygen atoms in total. The van der Waals surface area contributed by atoms with Crippen molar-refractivity contribution < 1.29 is 10.2 Å². The minimum atomic E-state index is -0.0457. The van der Waals surface area contributed by atoms with Crippen LogP contribution in [0.25, 0.3) is 0 Å². The number of nitrogens with zero attached hydrogens (tertiary/aromatic N) is 2. The van der Waals surface area contributed by atoms with E-state index in [1.165, 1.54) is 0 Å². The molecule has 0 amide bonds. The number of anilines is 1. The number of aliphatic imine (C=N–C) groups is 1. The Morgan fingerprint density at radius 2 is 2.20 bits per heavy atom. The van der Waals surface area contributed by atoms with Crippen LogP contribution in [-0.2, 0) is 6.42 Å². The second-order valence-electron chi connectivity index (χ2n) is 5.41. The van der Waals surface area contributed by atoms with E-state index in [-0.39, 0.29) is 18.5 Å². The topological polar surface area (TPSA) is 56.1 Å². The average molecular weight is 274 g/mol. The fourth-order valence-corrected chi connectivity index (χ4v) is 2.71. The van der Waals surface area contributed by atoms with Crippen molar-refractivity contribution in [2.24, 2.45) is 4.99 Å². The maximum absolute atomic E-state index is 9.84. The van der Waals surface area contributed by atoms with E-state index in [0.717, 1.165) is 35.3 Å². The Labute approximate surface area is 120 Å². The van der Waals surface area contributed by atoms with Gasteiger partial charge in [0.25, 0.3) is 0 Å². The molecule has 2 N–H and O–H groups in total. The molecule has 20 heavy (non-hydrogen) atoms. The first kappa shape index (κ1) is 14.6. The summed E-state index contributed by atoms with van der Waals surface area (Å²) in [5.41, 5.74) is 4.76. The Bertz CT molecular complexity index is 564. The van der Waals surface area contributed by atoms with Gasteiger partial charge in [-0.3, -0.25) is 4.99 Å². The lowest BCUT2D eigenvalue weighted by molar-refractivity contribution is 0.357. The lowest BCUT2D eigenvalue weighted by atomic mass is 9.93. The molecular formula is C16H22N2O2. The van der Waals surface area contributed by atoms with Crippen LogP contribution in [0.1, 0.15) is 31.4 Å². The summed E-state index contributed by atoms with van der Waals surface area (Å²) in [4.78, 5) is 6.39. The van der Waals surface area contributed by atoms with E-state index >= 15 is 0 Å². The first-order valence-corrected chi connectivity index (χ1v) is 6.90. The van der Waals surface area contributed by atoms with Gasteiger partial charge in [-0.2, -0.15) is 0 Å². The number of fused-ring (bicyclic) bond motifs is 1. The molecule has 108 valence electrons. The summed E-state index contributed by atoms with van der Waals surface area (Å²) < 4.78 is 0. The third kappa shape index (κ3) is 2.56. The molecular weight excluding hydrogens is 252 g/mol. The van der Waals surface area contributed by atoms with Crippen molar-refractivity contribution in [1.29, 1.82) is 0 Å². The molecule has 0 aromatic heterocycles. The summed E-state index contributed by atoms with van der Waals surface area (Å²) in [7, 11) is 0. The van der Waals surface area contributed by atoms with Crippen LogP contribution in [0.3, 0.4) is 0 Å². The molecule has 1 aromatic carbocycles. The van der Waals surface area contributed by atoms with E-state index in [0.29, 0.717) is 5.71 Å². The zero-order valence-corrected chi connectivity index (χ0v) is 12.3. The first-order valence-electron chi connectivity index (χ1n) is 6.90. The quantitative estimate of drug-likeness (QED) is 0.657. The van der Waals surface area contributed by atoms with Gasteiger partial charge in [0.15, 0.2) is 5.88 Å². The van der Waals surface area contributed by atoms with Gasteiger partial charge in [0.2, 0.25) is 0 Å². The van der Waals surface area contributed by atoms with Gasteiger partial charge in [-0.05, 0) is 51.8 Å². The number of hydrogen-bond acceptors (Lipinski definition) is 4. The van der Waals surface area contributed by atoms with E-state index in [1.807, 2.05) is 30.9 Å². The number of hydrogen-bond donors (Lipinski definition) is 2. The SMILES string of the molecule is C=C(O)N1c2ccc(C)c(N=C(C)CO)c2CCC1C. The summed E-state index contributed by atoms with van der Waals surface area (Å²) in [5.74, 6) is 0.0658. The Morgan fingerprint density at radius 3 is 2.80 bits per heavy atom. The van der Waals surface area contributed by atoms with Crippen LogP contribution >= 0.6 is 0 Å². The Kier molecular flexibility index (Phi) is 4.14. The van der Waals surface area contributed by atoms with Gasteiger partial charge in [-0.25, -0.2) is 0 Å².